The highest BCUT2D eigenvalue weighted by Gasteiger charge is 2.26. The third-order valence-corrected chi connectivity index (χ3v) is 4.62. The molecule has 2 rings (SSSR count). The van der Waals surface area contributed by atoms with E-state index in [1.54, 1.807) is 0 Å². The molecule has 2 unspecified atom stereocenters. The molecule has 1 fully saturated rings. The molecular formula is C17H31N3. The summed E-state index contributed by atoms with van der Waals surface area (Å²) in [6, 6.07) is 0.631. The second-order valence-electron chi connectivity index (χ2n) is 6.76. The lowest BCUT2D eigenvalue weighted by Crippen LogP contribution is -2.23. The first-order valence-corrected chi connectivity index (χ1v) is 8.37. The van der Waals surface area contributed by atoms with Crippen LogP contribution in [0.25, 0.3) is 0 Å². The van der Waals surface area contributed by atoms with Crippen LogP contribution in [-0.2, 0) is 6.54 Å². The summed E-state index contributed by atoms with van der Waals surface area (Å²) in [7, 11) is 0. The van der Waals surface area contributed by atoms with Crippen LogP contribution < -0.4 is 5.32 Å². The van der Waals surface area contributed by atoms with Crippen molar-refractivity contribution in [1.29, 1.82) is 0 Å². The first kappa shape index (κ1) is 15.6. The first-order valence-electron chi connectivity index (χ1n) is 8.37. The van der Waals surface area contributed by atoms with Crippen molar-refractivity contribution in [3.8, 4) is 0 Å². The molecular weight excluding hydrogens is 246 g/mol. The molecule has 114 valence electrons. The molecule has 0 amide bonds. The number of nitrogens with zero attached hydrogens (tertiary/aromatic N) is 2. The molecule has 3 nitrogen and oxygen atoms in total. The van der Waals surface area contributed by atoms with Gasteiger partial charge in [0.15, 0.2) is 0 Å². The Labute approximate surface area is 124 Å². The second kappa shape index (κ2) is 7.26. The summed E-state index contributed by atoms with van der Waals surface area (Å²) < 4.78 is 2.27. The van der Waals surface area contributed by atoms with Gasteiger partial charge >= 0.3 is 0 Å². The summed E-state index contributed by atoms with van der Waals surface area (Å²) in [6.07, 6.45) is 9.02. The van der Waals surface area contributed by atoms with E-state index in [0.29, 0.717) is 12.0 Å². The van der Waals surface area contributed by atoms with Gasteiger partial charge in [-0.1, -0.05) is 40.0 Å². The van der Waals surface area contributed by atoms with Gasteiger partial charge < -0.3 is 5.32 Å². The third-order valence-electron chi connectivity index (χ3n) is 4.62. The van der Waals surface area contributed by atoms with Crippen LogP contribution in [0.1, 0.15) is 70.2 Å². The smallest absolute Gasteiger partial charge is 0.0638 e. The maximum atomic E-state index is 4.81. The van der Waals surface area contributed by atoms with Crippen LogP contribution in [0, 0.1) is 18.8 Å². The second-order valence-corrected chi connectivity index (χ2v) is 6.76. The summed E-state index contributed by atoms with van der Waals surface area (Å²) in [6.45, 7) is 11.0. The Morgan fingerprint density at radius 3 is 2.80 bits per heavy atom. The molecule has 0 bridgehead atoms. The van der Waals surface area contributed by atoms with Crippen LogP contribution >= 0.6 is 0 Å². The first-order chi connectivity index (χ1) is 9.61. The van der Waals surface area contributed by atoms with Crippen molar-refractivity contribution < 1.29 is 0 Å². The molecule has 0 spiro atoms. The van der Waals surface area contributed by atoms with Crippen LogP contribution in [-0.4, -0.2) is 16.3 Å². The highest BCUT2D eigenvalue weighted by molar-refractivity contribution is 5.15. The largest absolute Gasteiger partial charge is 0.312 e. The van der Waals surface area contributed by atoms with Gasteiger partial charge in [0.1, 0.15) is 0 Å². The van der Waals surface area contributed by atoms with Gasteiger partial charge in [-0.05, 0) is 38.1 Å². The molecule has 2 atom stereocenters. The maximum Gasteiger partial charge on any atom is 0.0638 e. The van der Waals surface area contributed by atoms with Gasteiger partial charge in [-0.2, -0.15) is 5.10 Å². The molecule has 0 saturated heterocycles. The van der Waals surface area contributed by atoms with E-state index in [-0.39, 0.29) is 0 Å². The Balaban J connectivity index is 2.01. The molecule has 0 radical (unpaired) electrons. The normalized spacial score (nSPS) is 23.4. The van der Waals surface area contributed by atoms with Gasteiger partial charge in [0, 0.05) is 18.3 Å². The number of rotatable bonds is 6. The van der Waals surface area contributed by atoms with Crippen molar-refractivity contribution in [2.45, 2.75) is 72.4 Å². The standard InChI is InChI=1S/C17H31N3/c1-5-15-8-6-7-9-17(15)20-12-16(14(4)19-20)11-18-10-13(2)3/h12-13,15,17-18H,5-11H2,1-4H3. The van der Waals surface area contributed by atoms with Gasteiger partial charge in [0.05, 0.1) is 11.7 Å². The van der Waals surface area contributed by atoms with Crippen molar-refractivity contribution >= 4 is 0 Å². The Morgan fingerprint density at radius 2 is 2.10 bits per heavy atom. The van der Waals surface area contributed by atoms with E-state index in [1.165, 1.54) is 43.4 Å². The zero-order valence-electron chi connectivity index (χ0n) is 13.7. The lowest BCUT2D eigenvalue weighted by Gasteiger charge is -2.31. The minimum absolute atomic E-state index is 0.631. The molecule has 0 aromatic carbocycles. The molecule has 1 aromatic rings. The number of nitrogens with one attached hydrogen (secondary N) is 1. The molecule has 20 heavy (non-hydrogen) atoms. The highest BCUT2D eigenvalue weighted by atomic mass is 15.3. The Bertz CT molecular complexity index is 408. The van der Waals surface area contributed by atoms with Crippen molar-refractivity contribution in [3.63, 3.8) is 0 Å². The average Bonchev–Trinajstić information content (AvgIpc) is 2.80. The number of aryl methyl sites for hydroxylation is 1. The Morgan fingerprint density at radius 1 is 1.35 bits per heavy atom. The molecule has 0 aliphatic heterocycles. The lowest BCUT2D eigenvalue weighted by molar-refractivity contribution is 0.217. The molecule has 1 N–H and O–H groups in total. The van der Waals surface area contributed by atoms with E-state index in [0.717, 1.165) is 19.0 Å². The maximum absolute atomic E-state index is 4.81. The van der Waals surface area contributed by atoms with Gasteiger partial charge in [-0.3, -0.25) is 4.68 Å². The summed E-state index contributed by atoms with van der Waals surface area (Å²) >= 11 is 0. The molecule has 3 heteroatoms. The highest BCUT2D eigenvalue weighted by Crippen LogP contribution is 2.35. The Hall–Kier alpha value is -0.830. The average molecular weight is 277 g/mol. The van der Waals surface area contributed by atoms with Crippen LogP contribution in [0.4, 0.5) is 0 Å². The monoisotopic (exact) mass is 277 g/mol. The van der Waals surface area contributed by atoms with Crippen molar-refractivity contribution in [2.75, 3.05) is 6.54 Å². The molecule has 1 aliphatic rings. The SMILES string of the molecule is CCC1CCCCC1n1cc(CNCC(C)C)c(C)n1. The third kappa shape index (κ3) is 3.85. The van der Waals surface area contributed by atoms with Crippen LogP contribution in [0.2, 0.25) is 0 Å². The van der Waals surface area contributed by atoms with E-state index in [2.05, 4.69) is 43.9 Å². The molecule has 1 saturated carbocycles. The number of hydrogen-bond acceptors (Lipinski definition) is 2. The van der Waals surface area contributed by atoms with Gasteiger partial charge in [-0.25, -0.2) is 0 Å². The summed E-state index contributed by atoms with van der Waals surface area (Å²) in [4.78, 5) is 0. The molecule has 1 heterocycles. The zero-order valence-corrected chi connectivity index (χ0v) is 13.7. The van der Waals surface area contributed by atoms with Crippen molar-refractivity contribution in [1.82, 2.24) is 15.1 Å². The Kier molecular flexibility index (Phi) is 5.64. The molecule has 1 aliphatic carbocycles. The van der Waals surface area contributed by atoms with Crippen LogP contribution in [0.3, 0.4) is 0 Å². The topological polar surface area (TPSA) is 29.9 Å². The van der Waals surface area contributed by atoms with Crippen LogP contribution in [0.15, 0.2) is 6.20 Å². The summed E-state index contributed by atoms with van der Waals surface area (Å²) in [5.41, 5.74) is 2.56. The van der Waals surface area contributed by atoms with Crippen molar-refractivity contribution in [2.24, 2.45) is 11.8 Å². The zero-order chi connectivity index (χ0) is 14.5. The number of aromatic nitrogens is 2. The fourth-order valence-electron chi connectivity index (χ4n) is 3.37. The minimum Gasteiger partial charge on any atom is -0.312 e. The van der Waals surface area contributed by atoms with E-state index in [9.17, 15) is 0 Å². The number of hydrogen-bond donors (Lipinski definition) is 1. The van der Waals surface area contributed by atoms with Crippen LogP contribution in [0.5, 0.6) is 0 Å². The quantitative estimate of drug-likeness (QED) is 0.849. The predicted molar refractivity (Wildman–Crippen MR) is 84.8 cm³/mol. The van der Waals surface area contributed by atoms with E-state index < -0.39 is 0 Å². The van der Waals surface area contributed by atoms with E-state index in [4.69, 9.17) is 5.10 Å². The van der Waals surface area contributed by atoms with E-state index in [1.807, 2.05) is 0 Å². The fraction of sp³-hybridized carbons (Fsp3) is 0.824. The summed E-state index contributed by atoms with van der Waals surface area (Å²) in [5.74, 6) is 1.52. The fourth-order valence-corrected chi connectivity index (χ4v) is 3.37. The van der Waals surface area contributed by atoms with Gasteiger partial charge in [0.25, 0.3) is 0 Å². The van der Waals surface area contributed by atoms with Gasteiger partial charge in [0.2, 0.25) is 0 Å². The molecule has 1 aromatic heterocycles. The summed E-state index contributed by atoms with van der Waals surface area (Å²) in [5, 5.41) is 8.34. The van der Waals surface area contributed by atoms with Crippen molar-refractivity contribution in [3.05, 3.63) is 17.5 Å². The lowest BCUT2D eigenvalue weighted by atomic mass is 9.83. The van der Waals surface area contributed by atoms with Gasteiger partial charge in [-0.15, -0.1) is 0 Å². The van der Waals surface area contributed by atoms with E-state index >= 15 is 0 Å². The predicted octanol–water partition coefficient (Wildman–Crippen LogP) is 4.08. The minimum atomic E-state index is 0.631.